The van der Waals surface area contributed by atoms with Gasteiger partial charge in [0.2, 0.25) is 0 Å². The van der Waals surface area contributed by atoms with Gasteiger partial charge >= 0.3 is 0 Å². The Hall–Kier alpha value is -2.38. The fraction of sp³-hybridized carbons (Fsp3) is 0.188. The van der Waals surface area contributed by atoms with Crippen molar-refractivity contribution in [2.24, 2.45) is 0 Å². The molecule has 1 aliphatic heterocycles. The molecular formula is C16H16N4O2S. The molecule has 0 radical (unpaired) electrons. The van der Waals surface area contributed by atoms with Crippen LogP contribution in [-0.4, -0.2) is 28.9 Å². The highest BCUT2D eigenvalue weighted by molar-refractivity contribution is 7.90. The molecule has 1 atom stereocenters. The van der Waals surface area contributed by atoms with Crippen molar-refractivity contribution in [3.8, 4) is 0 Å². The Balaban J connectivity index is 1.82. The number of hydrogen-bond donors (Lipinski definition) is 2. The maximum atomic E-state index is 12.9. The van der Waals surface area contributed by atoms with Crippen molar-refractivity contribution >= 4 is 10.0 Å². The standard InChI is InChI=1S/C16H16N4O2S/c21-23(22,12-5-2-1-3-6-12)20-10-4-7-14(20)16-15-13(8-9-17-16)18-11-19-15/h1-7,10-11,16-17H,8-9H2,(H,18,19)/t16-/m1/s1. The average Bonchev–Trinajstić information content (AvgIpc) is 3.24. The van der Waals surface area contributed by atoms with E-state index in [1.165, 1.54) is 3.97 Å². The maximum Gasteiger partial charge on any atom is 0.267 e. The first kappa shape index (κ1) is 14.2. The molecule has 0 saturated carbocycles. The van der Waals surface area contributed by atoms with E-state index in [-0.39, 0.29) is 10.9 Å². The molecule has 3 heterocycles. The summed E-state index contributed by atoms with van der Waals surface area (Å²) in [6.07, 6.45) is 4.10. The Kier molecular flexibility index (Phi) is 3.32. The summed E-state index contributed by atoms with van der Waals surface area (Å²) < 4.78 is 27.2. The highest BCUT2D eigenvalue weighted by atomic mass is 32.2. The van der Waals surface area contributed by atoms with Crippen LogP contribution in [0.15, 0.2) is 59.9 Å². The molecule has 2 N–H and O–H groups in total. The Morgan fingerprint density at radius 3 is 2.78 bits per heavy atom. The molecule has 0 bridgehead atoms. The van der Waals surface area contributed by atoms with Crippen LogP contribution < -0.4 is 5.32 Å². The van der Waals surface area contributed by atoms with E-state index in [0.717, 1.165) is 24.4 Å². The SMILES string of the molecule is O=S(=O)(c1ccccc1)n1cccc1[C@H]1NCCc2[nH]cnc21. The summed E-state index contributed by atoms with van der Waals surface area (Å²) in [5.41, 5.74) is 2.58. The van der Waals surface area contributed by atoms with Crippen LogP contribution in [0.5, 0.6) is 0 Å². The molecule has 23 heavy (non-hydrogen) atoms. The van der Waals surface area contributed by atoms with Gasteiger partial charge in [0, 0.05) is 24.9 Å². The number of nitrogens with one attached hydrogen (secondary N) is 2. The van der Waals surface area contributed by atoms with E-state index >= 15 is 0 Å². The lowest BCUT2D eigenvalue weighted by atomic mass is 10.0. The Morgan fingerprint density at radius 1 is 1.13 bits per heavy atom. The van der Waals surface area contributed by atoms with Crippen LogP contribution in [-0.2, 0) is 16.4 Å². The topological polar surface area (TPSA) is 79.8 Å². The summed E-state index contributed by atoms with van der Waals surface area (Å²) in [5.74, 6) is 0. The third kappa shape index (κ3) is 2.29. The first-order valence-electron chi connectivity index (χ1n) is 7.41. The molecule has 4 rings (SSSR count). The largest absolute Gasteiger partial charge is 0.348 e. The van der Waals surface area contributed by atoms with Crippen molar-refractivity contribution in [2.75, 3.05) is 6.54 Å². The summed E-state index contributed by atoms with van der Waals surface area (Å²) in [6, 6.07) is 11.8. The zero-order valence-corrected chi connectivity index (χ0v) is 13.1. The summed E-state index contributed by atoms with van der Waals surface area (Å²) in [5, 5.41) is 3.36. The minimum Gasteiger partial charge on any atom is -0.348 e. The molecule has 0 amide bonds. The van der Waals surface area contributed by atoms with Gasteiger partial charge in [0.15, 0.2) is 0 Å². The minimum atomic E-state index is -3.62. The van der Waals surface area contributed by atoms with Crippen LogP contribution in [0.2, 0.25) is 0 Å². The van der Waals surface area contributed by atoms with E-state index in [9.17, 15) is 8.42 Å². The summed E-state index contributed by atoms with van der Waals surface area (Å²) in [7, 11) is -3.62. The Morgan fingerprint density at radius 2 is 1.96 bits per heavy atom. The van der Waals surface area contributed by atoms with Crippen LogP contribution >= 0.6 is 0 Å². The molecular weight excluding hydrogens is 312 g/mol. The second kappa shape index (κ2) is 5.36. The van der Waals surface area contributed by atoms with Crippen LogP contribution in [0.3, 0.4) is 0 Å². The van der Waals surface area contributed by atoms with Gasteiger partial charge in [-0.15, -0.1) is 0 Å². The predicted molar refractivity (Wildman–Crippen MR) is 85.6 cm³/mol. The fourth-order valence-corrected chi connectivity index (χ4v) is 4.39. The highest BCUT2D eigenvalue weighted by Crippen LogP contribution is 2.28. The molecule has 0 aliphatic carbocycles. The van der Waals surface area contributed by atoms with Gasteiger partial charge in [0.25, 0.3) is 10.0 Å². The molecule has 6 nitrogen and oxygen atoms in total. The smallest absolute Gasteiger partial charge is 0.267 e. The summed E-state index contributed by atoms with van der Waals surface area (Å²) in [6.45, 7) is 0.774. The van der Waals surface area contributed by atoms with Crippen molar-refractivity contribution in [3.63, 3.8) is 0 Å². The van der Waals surface area contributed by atoms with E-state index < -0.39 is 10.0 Å². The monoisotopic (exact) mass is 328 g/mol. The quantitative estimate of drug-likeness (QED) is 0.767. The van der Waals surface area contributed by atoms with E-state index in [2.05, 4.69) is 15.3 Å². The van der Waals surface area contributed by atoms with Crippen molar-refractivity contribution in [3.05, 3.63) is 72.1 Å². The molecule has 0 unspecified atom stereocenters. The van der Waals surface area contributed by atoms with Gasteiger partial charge in [-0.05, 0) is 24.3 Å². The third-order valence-corrected chi connectivity index (χ3v) is 5.81. The van der Waals surface area contributed by atoms with Crippen LogP contribution in [0, 0.1) is 0 Å². The minimum absolute atomic E-state index is 0.238. The van der Waals surface area contributed by atoms with Gasteiger partial charge < -0.3 is 10.3 Å². The lowest BCUT2D eigenvalue weighted by molar-refractivity contribution is 0.532. The second-order valence-corrected chi connectivity index (χ2v) is 7.27. The number of rotatable bonds is 3. The van der Waals surface area contributed by atoms with Crippen molar-refractivity contribution < 1.29 is 8.42 Å². The Bertz CT molecular complexity index is 928. The number of aromatic amines is 1. The average molecular weight is 328 g/mol. The molecule has 1 aromatic carbocycles. The summed E-state index contributed by atoms with van der Waals surface area (Å²) in [4.78, 5) is 7.77. The van der Waals surface area contributed by atoms with Crippen molar-refractivity contribution in [1.29, 1.82) is 0 Å². The zero-order valence-electron chi connectivity index (χ0n) is 12.3. The van der Waals surface area contributed by atoms with Gasteiger partial charge in [-0.1, -0.05) is 18.2 Å². The van der Waals surface area contributed by atoms with Gasteiger partial charge in [-0.2, -0.15) is 0 Å². The van der Waals surface area contributed by atoms with Crippen LogP contribution in [0.1, 0.15) is 23.1 Å². The van der Waals surface area contributed by atoms with E-state index in [4.69, 9.17) is 0 Å². The van der Waals surface area contributed by atoms with Gasteiger partial charge in [0.1, 0.15) is 0 Å². The maximum absolute atomic E-state index is 12.9. The fourth-order valence-electron chi connectivity index (χ4n) is 2.99. The highest BCUT2D eigenvalue weighted by Gasteiger charge is 2.29. The number of aromatic nitrogens is 3. The first-order valence-corrected chi connectivity index (χ1v) is 8.85. The molecule has 3 aromatic rings. The van der Waals surface area contributed by atoms with Crippen molar-refractivity contribution in [2.45, 2.75) is 17.4 Å². The molecule has 7 heteroatoms. The number of H-pyrrole nitrogens is 1. The van der Waals surface area contributed by atoms with Gasteiger partial charge in [0.05, 0.1) is 28.7 Å². The van der Waals surface area contributed by atoms with E-state index in [1.54, 1.807) is 48.9 Å². The van der Waals surface area contributed by atoms with Gasteiger partial charge in [-0.25, -0.2) is 17.4 Å². The van der Waals surface area contributed by atoms with E-state index in [1.807, 2.05) is 6.07 Å². The zero-order chi connectivity index (χ0) is 15.9. The number of fused-ring (bicyclic) bond motifs is 1. The molecule has 0 fully saturated rings. The lowest BCUT2D eigenvalue weighted by Crippen LogP contribution is -2.33. The number of benzene rings is 1. The lowest BCUT2D eigenvalue weighted by Gasteiger charge is -2.24. The van der Waals surface area contributed by atoms with Gasteiger partial charge in [-0.3, -0.25) is 0 Å². The third-order valence-electron chi connectivity index (χ3n) is 4.09. The number of hydrogen-bond acceptors (Lipinski definition) is 4. The first-order chi connectivity index (χ1) is 11.2. The van der Waals surface area contributed by atoms with Crippen molar-refractivity contribution in [1.82, 2.24) is 19.3 Å². The molecule has 118 valence electrons. The second-order valence-electron chi connectivity index (χ2n) is 5.45. The molecule has 0 saturated heterocycles. The molecule has 0 spiro atoms. The molecule has 2 aromatic heterocycles. The van der Waals surface area contributed by atoms with E-state index in [0.29, 0.717) is 5.69 Å². The normalized spacial score (nSPS) is 17.8. The number of imidazole rings is 1. The molecule has 1 aliphatic rings. The Labute approximate surface area is 134 Å². The predicted octanol–water partition coefficient (Wildman–Crippen LogP) is 1.68. The van der Waals surface area contributed by atoms with Crippen LogP contribution in [0.4, 0.5) is 0 Å². The number of nitrogens with zero attached hydrogens (tertiary/aromatic N) is 2. The summed E-state index contributed by atoms with van der Waals surface area (Å²) >= 11 is 0. The van der Waals surface area contributed by atoms with Crippen LogP contribution in [0.25, 0.3) is 0 Å².